The number of anilines is 1. The molecule has 1 aromatic rings. The highest BCUT2D eigenvalue weighted by Crippen LogP contribution is 2.22. The van der Waals surface area contributed by atoms with Gasteiger partial charge in [0, 0.05) is 10.2 Å². The SMILES string of the molecule is CCc1cc(Br)ccc1NC(=O)C(C)/C(N)=N/O. The summed E-state index contributed by atoms with van der Waals surface area (Å²) in [5.74, 6) is -1.09. The fourth-order valence-corrected chi connectivity index (χ4v) is 1.85. The number of carbonyl (C=O) groups is 1. The second kappa shape index (κ2) is 6.39. The molecule has 0 aromatic heterocycles. The molecule has 0 bridgehead atoms. The van der Waals surface area contributed by atoms with Crippen molar-refractivity contribution in [2.75, 3.05) is 5.32 Å². The molecular formula is C12H16BrN3O2. The summed E-state index contributed by atoms with van der Waals surface area (Å²) in [7, 11) is 0. The first-order chi connectivity index (χ1) is 8.49. The van der Waals surface area contributed by atoms with E-state index < -0.39 is 5.92 Å². The molecule has 0 aliphatic carbocycles. The number of amides is 1. The highest BCUT2D eigenvalue weighted by Gasteiger charge is 2.18. The average Bonchev–Trinajstić information content (AvgIpc) is 2.38. The van der Waals surface area contributed by atoms with Crippen molar-refractivity contribution in [1.29, 1.82) is 0 Å². The molecule has 1 atom stereocenters. The Kier molecular flexibility index (Phi) is 5.15. The Morgan fingerprint density at radius 3 is 2.83 bits per heavy atom. The van der Waals surface area contributed by atoms with Crippen molar-refractivity contribution in [1.82, 2.24) is 0 Å². The predicted octanol–water partition coefficient (Wildman–Crippen LogP) is 2.33. The second-order valence-corrected chi connectivity index (χ2v) is 4.81. The topological polar surface area (TPSA) is 87.7 Å². The van der Waals surface area contributed by atoms with Gasteiger partial charge in [-0.1, -0.05) is 28.0 Å². The molecule has 6 heteroatoms. The number of nitrogens with two attached hydrogens (primary N) is 1. The summed E-state index contributed by atoms with van der Waals surface area (Å²) >= 11 is 3.38. The van der Waals surface area contributed by atoms with E-state index in [1.807, 2.05) is 25.1 Å². The van der Waals surface area contributed by atoms with Crippen LogP contribution in [0.4, 0.5) is 5.69 Å². The molecule has 0 radical (unpaired) electrons. The number of nitrogens with zero attached hydrogens (tertiary/aromatic N) is 1. The Morgan fingerprint density at radius 1 is 1.61 bits per heavy atom. The number of hydrogen-bond donors (Lipinski definition) is 3. The van der Waals surface area contributed by atoms with Gasteiger partial charge >= 0.3 is 0 Å². The van der Waals surface area contributed by atoms with Crippen LogP contribution in [-0.2, 0) is 11.2 Å². The van der Waals surface area contributed by atoms with Gasteiger partial charge in [0.15, 0.2) is 5.84 Å². The number of hydrogen-bond acceptors (Lipinski definition) is 3. The molecule has 98 valence electrons. The summed E-state index contributed by atoms with van der Waals surface area (Å²) in [5.41, 5.74) is 7.15. The zero-order chi connectivity index (χ0) is 13.7. The number of oxime groups is 1. The van der Waals surface area contributed by atoms with Gasteiger partial charge in [-0.15, -0.1) is 0 Å². The van der Waals surface area contributed by atoms with Crippen LogP contribution in [-0.4, -0.2) is 17.0 Å². The van der Waals surface area contributed by atoms with Gasteiger partial charge in [-0.3, -0.25) is 4.79 Å². The largest absolute Gasteiger partial charge is 0.409 e. The molecule has 0 spiro atoms. The molecular weight excluding hydrogens is 298 g/mol. The summed E-state index contributed by atoms with van der Waals surface area (Å²) in [6.07, 6.45) is 0.799. The monoisotopic (exact) mass is 313 g/mol. The lowest BCUT2D eigenvalue weighted by Crippen LogP contribution is -2.32. The summed E-state index contributed by atoms with van der Waals surface area (Å²) in [6, 6.07) is 5.62. The highest BCUT2D eigenvalue weighted by molar-refractivity contribution is 9.10. The van der Waals surface area contributed by atoms with Crippen LogP contribution >= 0.6 is 15.9 Å². The number of benzene rings is 1. The third-order valence-corrected chi connectivity index (χ3v) is 3.15. The lowest BCUT2D eigenvalue weighted by molar-refractivity contribution is -0.117. The smallest absolute Gasteiger partial charge is 0.234 e. The second-order valence-electron chi connectivity index (χ2n) is 3.89. The maximum absolute atomic E-state index is 11.9. The van der Waals surface area contributed by atoms with Crippen molar-refractivity contribution in [3.05, 3.63) is 28.2 Å². The van der Waals surface area contributed by atoms with Crippen LogP contribution in [0.3, 0.4) is 0 Å². The minimum Gasteiger partial charge on any atom is -0.409 e. The van der Waals surface area contributed by atoms with Crippen molar-refractivity contribution in [3.8, 4) is 0 Å². The summed E-state index contributed by atoms with van der Waals surface area (Å²) < 4.78 is 0.960. The molecule has 1 unspecified atom stereocenters. The minimum atomic E-state index is -0.677. The molecule has 0 fully saturated rings. The fourth-order valence-electron chi connectivity index (χ4n) is 1.44. The summed E-state index contributed by atoms with van der Waals surface area (Å²) in [5, 5.41) is 14.1. The van der Waals surface area contributed by atoms with Crippen LogP contribution in [0, 0.1) is 5.92 Å². The molecule has 0 saturated heterocycles. The normalized spacial score (nSPS) is 13.2. The molecule has 0 aliphatic rings. The summed E-state index contributed by atoms with van der Waals surface area (Å²) in [6.45, 7) is 3.58. The molecule has 1 amide bonds. The van der Waals surface area contributed by atoms with E-state index in [2.05, 4.69) is 26.4 Å². The van der Waals surface area contributed by atoms with Gasteiger partial charge in [0.1, 0.15) is 0 Å². The Morgan fingerprint density at radius 2 is 2.28 bits per heavy atom. The van der Waals surface area contributed by atoms with E-state index in [-0.39, 0.29) is 11.7 Å². The van der Waals surface area contributed by atoms with Gasteiger partial charge in [0.05, 0.1) is 5.92 Å². The number of nitrogens with one attached hydrogen (secondary N) is 1. The van der Waals surface area contributed by atoms with Crippen molar-refractivity contribution in [2.45, 2.75) is 20.3 Å². The number of rotatable bonds is 4. The van der Waals surface area contributed by atoms with Gasteiger partial charge in [0.25, 0.3) is 0 Å². The first kappa shape index (κ1) is 14.5. The van der Waals surface area contributed by atoms with E-state index in [9.17, 15) is 4.79 Å². The van der Waals surface area contributed by atoms with Crippen LogP contribution in [0.5, 0.6) is 0 Å². The molecule has 0 saturated carbocycles. The third kappa shape index (κ3) is 3.46. The van der Waals surface area contributed by atoms with E-state index in [1.165, 1.54) is 0 Å². The molecule has 18 heavy (non-hydrogen) atoms. The zero-order valence-electron chi connectivity index (χ0n) is 10.3. The van der Waals surface area contributed by atoms with Crippen LogP contribution in [0.2, 0.25) is 0 Å². The van der Waals surface area contributed by atoms with E-state index in [0.29, 0.717) is 0 Å². The van der Waals surface area contributed by atoms with Gasteiger partial charge in [-0.25, -0.2) is 0 Å². The number of amidine groups is 1. The Bertz CT molecular complexity index is 474. The first-order valence-electron chi connectivity index (χ1n) is 5.56. The standard InChI is InChI=1S/C12H16BrN3O2/c1-3-8-6-9(13)4-5-10(8)15-12(17)7(2)11(14)16-18/h4-7,18H,3H2,1-2H3,(H2,14,16)(H,15,17). The van der Waals surface area contributed by atoms with Crippen LogP contribution in [0.25, 0.3) is 0 Å². The Hall–Kier alpha value is -1.56. The van der Waals surface area contributed by atoms with Crippen molar-refractivity contribution >= 4 is 33.4 Å². The molecule has 1 rings (SSSR count). The van der Waals surface area contributed by atoms with Crippen molar-refractivity contribution in [3.63, 3.8) is 0 Å². The number of halogens is 1. The van der Waals surface area contributed by atoms with Crippen LogP contribution < -0.4 is 11.1 Å². The number of carbonyl (C=O) groups excluding carboxylic acids is 1. The Labute approximate surface area is 114 Å². The third-order valence-electron chi connectivity index (χ3n) is 2.66. The van der Waals surface area contributed by atoms with E-state index in [4.69, 9.17) is 10.9 Å². The highest BCUT2D eigenvalue weighted by atomic mass is 79.9. The van der Waals surface area contributed by atoms with Gasteiger partial charge in [-0.2, -0.15) is 0 Å². The maximum atomic E-state index is 11.9. The van der Waals surface area contributed by atoms with Crippen LogP contribution in [0.1, 0.15) is 19.4 Å². The Balaban J connectivity index is 2.88. The lowest BCUT2D eigenvalue weighted by Gasteiger charge is -2.13. The molecule has 0 heterocycles. The maximum Gasteiger partial charge on any atom is 0.234 e. The molecule has 4 N–H and O–H groups in total. The minimum absolute atomic E-state index is 0.109. The van der Waals surface area contributed by atoms with E-state index in [1.54, 1.807) is 6.92 Å². The fraction of sp³-hybridized carbons (Fsp3) is 0.333. The van der Waals surface area contributed by atoms with E-state index in [0.717, 1.165) is 22.1 Å². The quantitative estimate of drug-likeness (QED) is 0.345. The van der Waals surface area contributed by atoms with Gasteiger partial charge < -0.3 is 16.3 Å². The van der Waals surface area contributed by atoms with Gasteiger partial charge in [0.2, 0.25) is 5.91 Å². The average molecular weight is 314 g/mol. The molecule has 1 aromatic carbocycles. The van der Waals surface area contributed by atoms with E-state index >= 15 is 0 Å². The molecule has 5 nitrogen and oxygen atoms in total. The van der Waals surface area contributed by atoms with Gasteiger partial charge in [-0.05, 0) is 37.1 Å². The van der Waals surface area contributed by atoms with Crippen molar-refractivity contribution in [2.24, 2.45) is 16.8 Å². The van der Waals surface area contributed by atoms with Crippen LogP contribution in [0.15, 0.2) is 27.8 Å². The zero-order valence-corrected chi connectivity index (χ0v) is 11.9. The predicted molar refractivity (Wildman–Crippen MR) is 74.7 cm³/mol. The molecule has 0 aliphatic heterocycles. The first-order valence-corrected chi connectivity index (χ1v) is 6.35. The lowest BCUT2D eigenvalue weighted by atomic mass is 10.1. The summed E-state index contributed by atoms with van der Waals surface area (Å²) in [4.78, 5) is 11.9. The van der Waals surface area contributed by atoms with Crippen molar-refractivity contribution < 1.29 is 10.0 Å². The number of aryl methyl sites for hydroxylation is 1.